The maximum atomic E-state index is 13.5. The molecule has 164 valence electrons. The lowest BCUT2D eigenvalue weighted by atomic mass is 10.0. The Kier molecular flexibility index (Phi) is 6.17. The van der Waals surface area contributed by atoms with Gasteiger partial charge in [0.25, 0.3) is 0 Å². The van der Waals surface area contributed by atoms with Gasteiger partial charge in [0, 0.05) is 24.7 Å². The van der Waals surface area contributed by atoms with Crippen LogP contribution in [0.15, 0.2) is 57.9 Å². The molecular formula is C22H25FN4O3S. The Morgan fingerprint density at radius 1 is 1.16 bits per heavy atom. The number of sulfonamides is 1. The zero-order valence-corrected chi connectivity index (χ0v) is 18.3. The van der Waals surface area contributed by atoms with Crippen LogP contribution in [0.4, 0.5) is 4.39 Å². The van der Waals surface area contributed by atoms with E-state index in [-0.39, 0.29) is 22.8 Å². The highest BCUT2D eigenvalue weighted by atomic mass is 32.2. The summed E-state index contributed by atoms with van der Waals surface area (Å²) in [6.07, 6.45) is 1.38. The number of hydrogen-bond donors (Lipinski definition) is 1. The van der Waals surface area contributed by atoms with Gasteiger partial charge in [0.2, 0.25) is 21.7 Å². The largest absolute Gasteiger partial charge is 0.337 e. The maximum absolute atomic E-state index is 13.5. The Labute approximate surface area is 181 Å². The van der Waals surface area contributed by atoms with Crippen LogP contribution in [-0.4, -0.2) is 42.6 Å². The Morgan fingerprint density at radius 2 is 1.87 bits per heavy atom. The monoisotopic (exact) mass is 444 g/mol. The van der Waals surface area contributed by atoms with Crippen LogP contribution in [0.1, 0.15) is 37.3 Å². The van der Waals surface area contributed by atoms with Gasteiger partial charge in [-0.15, -0.1) is 0 Å². The molecule has 0 radical (unpaired) electrons. The average Bonchev–Trinajstić information content (AvgIpc) is 3.26. The number of nitrogens with one attached hydrogen (secondary N) is 1. The maximum Gasteiger partial charge on any atom is 0.244 e. The van der Waals surface area contributed by atoms with Crippen LogP contribution in [0, 0.1) is 12.7 Å². The van der Waals surface area contributed by atoms with Crippen molar-refractivity contribution in [1.82, 2.24) is 19.8 Å². The summed E-state index contributed by atoms with van der Waals surface area (Å²) in [7, 11) is -3.52. The second-order valence-electron chi connectivity index (χ2n) is 7.84. The number of piperidine rings is 1. The summed E-state index contributed by atoms with van der Waals surface area (Å²) in [5, 5.41) is 4.04. The van der Waals surface area contributed by atoms with Crippen LogP contribution in [0.3, 0.4) is 0 Å². The fourth-order valence-electron chi connectivity index (χ4n) is 3.75. The zero-order chi connectivity index (χ0) is 22.0. The molecule has 1 aliphatic heterocycles. The molecule has 0 saturated carbocycles. The number of likely N-dealkylation sites (tertiary alicyclic amines) is 1. The van der Waals surface area contributed by atoms with Gasteiger partial charge in [0.15, 0.2) is 0 Å². The minimum Gasteiger partial charge on any atom is -0.337 e. The van der Waals surface area contributed by atoms with Crippen molar-refractivity contribution in [1.29, 1.82) is 0 Å². The van der Waals surface area contributed by atoms with Gasteiger partial charge in [-0.2, -0.15) is 4.98 Å². The first-order valence-electron chi connectivity index (χ1n) is 10.2. The minimum atomic E-state index is -3.52. The Balaban J connectivity index is 1.37. The molecule has 2 aromatic carbocycles. The average molecular weight is 445 g/mol. The normalized spacial score (nSPS) is 17.0. The number of nitrogens with zero attached hydrogens (tertiary/aromatic N) is 3. The Hall–Kier alpha value is -2.62. The molecule has 0 spiro atoms. The van der Waals surface area contributed by atoms with E-state index in [2.05, 4.69) is 19.8 Å². The van der Waals surface area contributed by atoms with Crippen LogP contribution in [0.2, 0.25) is 0 Å². The summed E-state index contributed by atoms with van der Waals surface area (Å²) in [5.74, 6) is 0.641. The summed E-state index contributed by atoms with van der Waals surface area (Å²) in [5.41, 5.74) is 1.23. The Morgan fingerprint density at radius 3 is 2.55 bits per heavy atom. The van der Waals surface area contributed by atoms with Crippen molar-refractivity contribution in [2.24, 2.45) is 0 Å². The van der Waals surface area contributed by atoms with E-state index in [4.69, 9.17) is 4.52 Å². The van der Waals surface area contributed by atoms with E-state index < -0.39 is 10.0 Å². The van der Waals surface area contributed by atoms with Crippen molar-refractivity contribution >= 4 is 10.0 Å². The molecule has 0 amide bonds. The smallest absolute Gasteiger partial charge is 0.244 e. The summed E-state index contributed by atoms with van der Waals surface area (Å²) < 4.78 is 46.9. The molecule has 31 heavy (non-hydrogen) atoms. The number of aryl methyl sites for hydroxylation is 1. The molecule has 1 aliphatic rings. The molecule has 1 fully saturated rings. The molecular weight excluding hydrogens is 419 g/mol. The van der Waals surface area contributed by atoms with Crippen molar-refractivity contribution < 1.29 is 17.3 Å². The first-order chi connectivity index (χ1) is 14.8. The van der Waals surface area contributed by atoms with Crippen LogP contribution < -0.4 is 4.72 Å². The van der Waals surface area contributed by atoms with E-state index in [0.717, 1.165) is 0 Å². The van der Waals surface area contributed by atoms with E-state index >= 15 is 0 Å². The van der Waals surface area contributed by atoms with Crippen molar-refractivity contribution in [3.05, 3.63) is 65.8 Å². The van der Waals surface area contributed by atoms with E-state index in [1.54, 1.807) is 49.4 Å². The van der Waals surface area contributed by atoms with Gasteiger partial charge >= 0.3 is 0 Å². The highest BCUT2D eigenvalue weighted by Gasteiger charge is 2.29. The highest BCUT2D eigenvalue weighted by molar-refractivity contribution is 7.89. The molecule has 1 atom stereocenters. The molecule has 1 N–H and O–H groups in total. The summed E-state index contributed by atoms with van der Waals surface area (Å²) >= 11 is 0. The van der Waals surface area contributed by atoms with E-state index in [9.17, 15) is 12.8 Å². The molecule has 2 heterocycles. The number of aromatic nitrogens is 2. The summed E-state index contributed by atoms with van der Waals surface area (Å²) in [6.45, 7) is 5.09. The first-order valence-corrected chi connectivity index (χ1v) is 11.7. The predicted molar refractivity (Wildman–Crippen MR) is 114 cm³/mol. The van der Waals surface area contributed by atoms with Crippen LogP contribution in [0.25, 0.3) is 11.4 Å². The third-order valence-electron chi connectivity index (χ3n) is 5.67. The van der Waals surface area contributed by atoms with Crippen LogP contribution in [0.5, 0.6) is 0 Å². The lowest BCUT2D eigenvalue weighted by Crippen LogP contribution is -2.45. The molecule has 0 aliphatic carbocycles. The highest BCUT2D eigenvalue weighted by Crippen LogP contribution is 2.26. The molecule has 9 heteroatoms. The summed E-state index contributed by atoms with van der Waals surface area (Å²) in [4.78, 5) is 6.96. The lowest BCUT2D eigenvalue weighted by molar-refractivity contribution is 0.134. The molecule has 3 aromatic rings. The second kappa shape index (κ2) is 8.86. The van der Waals surface area contributed by atoms with Crippen LogP contribution in [-0.2, 0) is 10.0 Å². The molecule has 4 rings (SSSR count). The van der Waals surface area contributed by atoms with Gasteiger partial charge in [-0.25, -0.2) is 17.5 Å². The number of rotatable bonds is 6. The van der Waals surface area contributed by atoms with Gasteiger partial charge in [-0.3, -0.25) is 4.90 Å². The second-order valence-corrected chi connectivity index (χ2v) is 9.55. The van der Waals surface area contributed by atoms with E-state index in [1.165, 1.54) is 6.07 Å². The van der Waals surface area contributed by atoms with Crippen molar-refractivity contribution in [2.45, 2.75) is 43.7 Å². The van der Waals surface area contributed by atoms with Crippen LogP contribution >= 0.6 is 0 Å². The van der Waals surface area contributed by atoms with E-state index in [1.807, 2.05) is 6.92 Å². The van der Waals surface area contributed by atoms with Crippen molar-refractivity contribution in [3.63, 3.8) is 0 Å². The standard InChI is InChI=1S/C22H25FN4O3S/c1-15-14-17(8-9-20(15)23)21-24-22(30-25-21)16(2)27-12-10-18(11-13-27)26-31(28,29)19-6-4-3-5-7-19/h3-9,14,16,18,26H,10-13H2,1-2H3. The van der Waals surface area contributed by atoms with Gasteiger partial charge in [-0.1, -0.05) is 23.4 Å². The number of halogens is 1. The van der Waals surface area contributed by atoms with Crippen molar-refractivity contribution in [3.8, 4) is 11.4 Å². The SMILES string of the molecule is Cc1cc(-c2noc(C(C)N3CCC(NS(=O)(=O)c4ccccc4)CC3)n2)ccc1F. The third kappa shape index (κ3) is 4.84. The quantitative estimate of drug-likeness (QED) is 0.624. The third-order valence-corrected chi connectivity index (χ3v) is 7.20. The van der Waals surface area contributed by atoms with E-state index in [0.29, 0.717) is 48.8 Å². The van der Waals surface area contributed by atoms with Crippen molar-refractivity contribution in [2.75, 3.05) is 13.1 Å². The molecule has 0 bridgehead atoms. The molecule has 7 nitrogen and oxygen atoms in total. The zero-order valence-electron chi connectivity index (χ0n) is 17.5. The summed E-state index contributed by atoms with van der Waals surface area (Å²) in [6, 6.07) is 12.9. The minimum absolute atomic E-state index is 0.102. The lowest BCUT2D eigenvalue weighted by Gasteiger charge is -2.34. The topological polar surface area (TPSA) is 88.3 Å². The number of hydrogen-bond acceptors (Lipinski definition) is 6. The predicted octanol–water partition coefficient (Wildman–Crippen LogP) is 3.69. The fraction of sp³-hybridized carbons (Fsp3) is 0.364. The number of benzene rings is 2. The molecule has 1 unspecified atom stereocenters. The van der Waals surface area contributed by atoms with Gasteiger partial charge < -0.3 is 4.52 Å². The fourth-order valence-corrected chi connectivity index (χ4v) is 5.08. The first kappa shape index (κ1) is 21.6. The van der Waals surface area contributed by atoms with Gasteiger partial charge in [0.1, 0.15) is 5.82 Å². The molecule has 1 saturated heterocycles. The van der Waals surface area contributed by atoms with Gasteiger partial charge in [-0.05, 0) is 62.6 Å². The van der Waals surface area contributed by atoms with Gasteiger partial charge in [0.05, 0.1) is 10.9 Å². The molecule has 1 aromatic heterocycles. The Bertz CT molecular complexity index is 1140.